The van der Waals surface area contributed by atoms with E-state index in [2.05, 4.69) is 61.7 Å². The van der Waals surface area contributed by atoms with Crippen LogP contribution in [0.2, 0.25) is 0 Å². The smallest absolute Gasteiger partial charge is 0.175 e. The SMILES string of the molecule is CCc1cccc(C)c1NC(=S)Nc1cccc(C)c1. The van der Waals surface area contributed by atoms with Gasteiger partial charge in [-0.15, -0.1) is 0 Å². The lowest BCUT2D eigenvalue weighted by Gasteiger charge is -2.16. The van der Waals surface area contributed by atoms with E-state index >= 15 is 0 Å². The van der Waals surface area contributed by atoms with Gasteiger partial charge in [-0.3, -0.25) is 0 Å². The monoisotopic (exact) mass is 284 g/mol. The summed E-state index contributed by atoms with van der Waals surface area (Å²) in [5.74, 6) is 0. The highest BCUT2D eigenvalue weighted by atomic mass is 32.1. The average molecular weight is 284 g/mol. The van der Waals surface area contributed by atoms with E-state index in [1.165, 1.54) is 16.7 Å². The maximum absolute atomic E-state index is 5.41. The highest BCUT2D eigenvalue weighted by Gasteiger charge is 2.06. The summed E-state index contributed by atoms with van der Waals surface area (Å²) in [5.41, 5.74) is 5.81. The van der Waals surface area contributed by atoms with Crippen LogP contribution < -0.4 is 10.6 Å². The lowest BCUT2D eigenvalue weighted by Crippen LogP contribution is -2.20. The van der Waals surface area contributed by atoms with Crippen LogP contribution in [0.15, 0.2) is 42.5 Å². The maximum atomic E-state index is 5.41. The number of benzene rings is 2. The van der Waals surface area contributed by atoms with Gasteiger partial charge in [-0.1, -0.05) is 37.3 Å². The van der Waals surface area contributed by atoms with Crippen LogP contribution in [-0.2, 0) is 6.42 Å². The van der Waals surface area contributed by atoms with Crippen LogP contribution in [0, 0.1) is 13.8 Å². The van der Waals surface area contributed by atoms with Gasteiger partial charge < -0.3 is 10.6 Å². The lowest BCUT2D eigenvalue weighted by atomic mass is 10.1. The Bertz CT molecular complexity index is 620. The predicted molar refractivity (Wildman–Crippen MR) is 91.6 cm³/mol. The third-order valence-electron chi connectivity index (χ3n) is 3.25. The van der Waals surface area contributed by atoms with E-state index < -0.39 is 0 Å². The zero-order valence-corrected chi connectivity index (χ0v) is 13.0. The summed E-state index contributed by atoms with van der Waals surface area (Å²) < 4.78 is 0. The number of aryl methyl sites for hydroxylation is 3. The van der Waals surface area contributed by atoms with Crippen LogP contribution in [0.25, 0.3) is 0 Å². The van der Waals surface area contributed by atoms with Gasteiger partial charge in [-0.2, -0.15) is 0 Å². The van der Waals surface area contributed by atoms with Crippen molar-refractivity contribution < 1.29 is 0 Å². The minimum absolute atomic E-state index is 0.625. The predicted octanol–water partition coefficient (Wildman–Crippen LogP) is 4.67. The molecule has 0 spiro atoms. The lowest BCUT2D eigenvalue weighted by molar-refractivity contribution is 1.13. The minimum Gasteiger partial charge on any atom is -0.332 e. The molecule has 0 saturated heterocycles. The van der Waals surface area contributed by atoms with Crippen LogP contribution >= 0.6 is 12.2 Å². The standard InChI is InChI=1S/C17H20N2S/c1-4-14-9-6-8-13(3)16(14)19-17(20)18-15-10-5-7-12(2)11-15/h5-11H,4H2,1-3H3,(H2,18,19,20). The molecule has 20 heavy (non-hydrogen) atoms. The Morgan fingerprint density at radius 1 is 1.05 bits per heavy atom. The highest BCUT2D eigenvalue weighted by molar-refractivity contribution is 7.80. The summed E-state index contributed by atoms with van der Waals surface area (Å²) in [6.45, 7) is 6.31. The summed E-state index contributed by atoms with van der Waals surface area (Å²) >= 11 is 5.41. The minimum atomic E-state index is 0.625. The Kier molecular flexibility index (Phi) is 4.74. The molecule has 0 atom stereocenters. The van der Waals surface area contributed by atoms with Crippen molar-refractivity contribution in [1.82, 2.24) is 0 Å². The summed E-state index contributed by atoms with van der Waals surface area (Å²) in [6.07, 6.45) is 0.983. The number of para-hydroxylation sites is 1. The maximum Gasteiger partial charge on any atom is 0.175 e. The van der Waals surface area contributed by atoms with E-state index in [1.807, 2.05) is 12.1 Å². The molecule has 0 saturated carbocycles. The molecule has 2 aromatic rings. The quantitative estimate of drug-likeness (QED) is 0.801. The van der Waals surface area contributed by atoms with Crippen molar-refractivity contribution in [3.05, 3.63) is 59.2 Å². The zero-order chi connectivity index (χ0) is 14.5. The molecule has 0 bridgehead atoms. The molecule has 0 fully saturated rings. The van der Waals surface area contributed by atoms with E-state index in [9.17, 15) is 0 Å². The molecule has 0 aromatic heterocycles. The molecular formula is C17H20N2S. The average Bonchev–Trinajstić information content (AvgIpc) is 2.41. The topological polar surface area (TPSA) is 24.1 Å². The third-order valence-corrected chi connectivity index (χ3v) is 3.46. The summed E-state index contributed by atoms with van der Waals surface area (Å²) in [5, 5.41) is 7.17. The number of hydrogen-bond donors (Lipinski definition) is 2. The number of thiocarbonyl (C=S) groups is 1. The van der Waals surface area contributed by atoms with Crippen molar-refractivity contribution in [1.29, 1.82) is 0 Å². The first kappa shape index (κ1) is 14.5. The molecule has 0 aliphatic rings. The fraction of sp³-hybridized carbons (Fsp3) is 0.235. The van der Waals surface area contributed by atoms with Crippen molar-refractivity contribution in [3.8, 4) is 0 Å². The van der Waals surface area contributed by atoms with Crippen LogP contribution in [0.4, 0.5) is 11.4 Å². The fourth-order valence-corrected chi connectivity index (χ4v) is 2.42. The first-order valence-electron chi connectivity index (χ1n) is 6.83. The number of rotatable bonds is 3. The Balaban J connectivity index is 2.12. The van der Waals surface area contributed by atoms with Gasteiger partial charge in [-0.25, -0.2) is 0 Å². The van der Waals surface area contributed by atoms with Crippen molar-refractivity contribution in [3.63, 3.8) is 0 Å². The second-order valence-corrected chi connectivity index (χ2v) is 5.32. The van der Waals surface area contributed by atoms with Gasteiger partial charge in [0.05, 0.1) is 0 Å². The summed E-state index contributed by atoms with van der Waals surface area (Å²) in [6, 6.07) is 14.5. The van der Waals surface area contributed by atoms with Crippen LogP contribution in [0.1, 0.15) is 23.6 Å². The first-order chi connectivity index (χ1) is 9.60. The Labute approximate surface area is 126 Å². The van der Waals surface area contributed by atoms with Crippen molar-refractivity contribution in [2.45, 2.75) is 27.2 Å². The second-order valence-electron chi connectivity index (χ2n) is 4.91. The molecule has 2 N–H and O–H groups in total. The number of anilines is 2. The molecule has 2 nitrogen and oxygen atoms in total. The molecule has 3 heteroatoms. The second kappa shape index (κ2) is 6.53. The van der Waals surface area contributed by atoms with Crippen molar-refractivity contribution in [2.24, 2.45) is 0 Å². The van der Waals surface area contributed by atoms with Gasteiger partial charge >= 0.3 is 0 Å². The highest BCUT2D eigenvalue weighted by Crippen LogP contribution is 2.21. The normalized spacial score (nSPS) is 10.2. The molecule has 2 rings (SSSR count). The molecular weight excluding hydrogens is 264 g/mol. The van der Waals surface area contributed by atoms with E-state index in [4.69, 9.17) is 12.2 Å². The van der Waals surface area contributed by atoms with Gasteiger partial charge in [0.25, 0.3) is 0 Å². The van der Waals surface area contributed by atoms with E-state index in [-0.39, 0.29) is 0 Å². The number of nitrogens with one attached hydrogen (secondary N) is 2. The molecule has 2 aromatic carbocycles. The van der Waals surface area contributed by atoms with Crippen molar-refractivity contribution >= 4 is 28.7 Å². The van der Waals surface area contributed by atoms with Crippen LogP contribution in [-0.4, -0.2) is 5.11 Å². The van der Waals surface area contributed by atoms with Gasteiger partial charge in [0.1, 0.15) is 0 Å². The van der Waals surface area contributed by atoms with Gasteiger partial charge in [0.2, 0.25) is 0 Å². The van der Waals surface area contributed by atoms with Crippen LogP contribution in [0.5, 0.6) is 0 Å². The Hall–Kier alpha value is -1.87. The molecule has 0 heterocycles. The first-order valence-corrected chi connectivity index (χ1v) is 7.24. The van der Waals surface area contributed by atoms with Gasteiger partial charge in [0.15, 0.2) is 5.11 Å². The van der Waals surface area contributed by atoms with Crippen molar-refractivity contribution in [2.75, 3.05) is 10.6 Å². The Morgan fingerprint density at radius 3 is 2.50 bits per heavy atom. The molecule has 0 unspecified atom stereocenters. The fourth-order valence-electron chi connectivity index (χ4n) is 2.20. The van der Waals surface area contributed by atoms with E-state index in [0.717, 1.165) is 17.8 Å². The van der Waals surface area contributed by atoms with Gasteiger partial charge in [0, 0.05) is 11.4 Å². The Morgan fingerprint density at radius 2 is 1.80 bits per heavy atom. The van der Waals surface area contributed by atoms with E-state index in [0.29, 0.717) is 5.11 Å². The summed E-state index contributed by atoms with van der Waals surface area (Å²) in [7, 11) is 0. The van der Waals surface area contributed by atoms with Gasteiger partial charge in [-0.05, 0) is 61.3 Å². The van der Waals surface area contributed by atoms with Crippen LogP contribution in [0.3, 0.4) is 0 Å². The third kappa shape index (κ3) is 3.58. The molecule has 104 valence electrons. The van der Waals surface area contributed by atoms with E-state index in [1.54, 1.807) is 0 Å². The molecule has 0 radical (unpaired) electrons. The zero-order valence-electron chi connectivity index (χ0n) is 12.2. The molecule has 0 aliphatic heterocycles. The molecule has 0 aliphatic carbocycles. The largest absolute Gasteiger partial charge is 0.332 e. The number of hydrogen-bond acceptors (Lipinski definition) is 1. The summed E-state index contributed by atoms with van der Waals surface area (Å²) in [4.78, 5) is 0. The molecule has 0 amide bonds.